The molecular formula is C23H23ClIN3O3. The fourth-order valence-electron chi connectivity index (χ4n) is 3.80. The van der Waals surface area contributed by atoms with Gasteiger partial charge in [0.05, 0.1) is 18.7 Å². The predicted octanol–water partition coefficient (Wildman–Crippen LogP) is 3.56. The van der Waals surface area contributed by atoms with Gasteiger partial charge in [-0.2, -0.15) is 0 Å². The second-order valence-electron chi connectivity index (χ2n) is 7.65. The molecule has 0 unspecified atom stereocenters. The Hall–Kier alpha value is -1.94. The monoisotopic (exact) mass is 551 g/mol. The van der Waals surface area contributed by atoms with Gasteiger partial charge in [0.25, 0.3) is 5.91 Å². The van der Waals surface area contributed by atoms with Crippen LogP contribution in [0.25, 0.3) is 10.9 Å². The van der Waals surface area contributed by atoms with Gasteiger partial charge in [-0.1, -0.05) is 23.7 Å². The Balaban J connectivity index is 1.62. The van der Waals surface area contributed by atoms with Gasteiger partial charge >= 0.3 is 0 Å². The molecule has 3 aromatic rings. The maximum Gasteiger partial charge on any atom is 0.257 e. The number of carbonyl (C=O) groups excluding carboxylic acids is 1. The fraction of sp³-hybridized carbons (Fsp3) is 0.304. The lowest BCUT2D eigenvalue weighted by Gasteiger charge is -2.26. The molecule has 8 heteroatoms. The summed E-state index contributed by atoms with van der Waals surface area (Å²) in [5.74, 6) is -0.383. The molecule has 0 atom stereocenters. The van der Waals surface area contributed by atoms with E-state index in [0.29, 0.717) is 17.0 Å². The van der Waals surface area contributed by atoms with E-state index in [4.69, 9.17) is 16.3 Å². The minimum Gasteiger partial charge on any atom is -0.379 e. The lowest BCUT2D eigenvalue weighted by molar-refractivity contribution is 0.0342. The van der Waals surface area contributed by atoms with Gasteiger partial charge in [-0.3, -0.25) is 14.5 Å². The zero-order chi connectivity index (χ0) is 22.0. The Bertz CT molecular complexity index is 1170. The summed E-state index contributed by atoms with van der Waals surface area (Å²) < 4.78 is 8.27. The molecule has 1 fully saturated rings. The van der Waals surface area contributed by atoms with Crippen LogP contribution in [0.5, 0.6) is 0 Å². The van der Waals surface area contributed by atoms with Gasteiger partial charge in [0.15, 0.2) is 0 Å². The van der Waals surface area contributed by atoms with Crippen molar-refractivity contribution in [3.05, 3.63) is 78.1 Å². The summed E-state index contributed by atoms with van der Waals surface area (Å²) in [6.45, 7) is 4.28. The van der Waals surface area contributed by atoms with Crippen molar-refractivity contribution in [1.29, 1.82) is 0 Å². The van der Waals surface area contributed by atoms with Crippen molar-refractivity contribution in [2.24, 2.45) is 7.05 Å². The van der Waals surface area contributed by atoms with Crippen LogP contribution in [-0.2, 0) is 24.9 Å². The SMILES string of the molecule is Cn1cc(C(=O)NCc2ccc(Cl)cc2)c(=O)c2cc(CN3CCOCC3)cc(I)c21. The highest BCUT2D eigenvalue weighted by Crippen LogP contribution is 2.22. The molecule has 0 aliphatic carbocycles. The molecular weight excluding hydrogens is 529 g/mol. The van der Waals surface area contributed by atoms with Crippen LogP contribution in [0, 0.1) is 3.57 Å². The topological polar surface area (TPSA) is 63.6 Å². The molecule has 1 aromatic heterocycles. The van der Waals surface area contributed by atoms with Gasteiger partial charge in [0.2, 0.25) is 5.43 Å². The van der Waals surface area contributed by atoms with Gasteiger partial charge in [-0.05, 0) is 58.0 Å². The summed E-state index contributed by atoms with van der Waals surface area (Å²) in [5, 5.41) is 4.05. The number of amides is 1. The molecule has 2 heterocycles. The van der Waals surface area contributed by atoms with Gasteiger partial charge in [-0.15, -0.1) is 0 Å². The number of nitrogens with zero attached hydrogens (tertiary/aromatic N) is 2. The maximum absolute atomic E-state index is 13.2. The number of carbonyl (C=O) groups is 1. The molecule has 1 aliphatic heterocycles. The third-order valence-corrected chi connectivity index (χ3v) is 6.48. The molecule has 2 aromatic carbocycles. The van der Waals surface area contributed by atoms with Crippen molar-refractivity contribution in [1.82, 2.24) is 14.8 Å². The van der Waals surface area contributed by atoms with Crippen molar-refractivity contribution in [2.45, 2.75) is 13.1 Å². The Morgan fingerprint density at radius 2 is 1.87 bits per heavy atom. The minimum atomic E-state index is -0.383. The van der Waals surface area contributed by atoms with E-state index in [1.807, 2.05) is 29.8 Å². The average molecular weight is 552 g/mol. The van der Waals surface area contributed by atoms with Crippen LogP contribution >= 0.6 is 34.2 Å². The van der Waals surface area contributed by atoms with Crippen LogP contribution in [0.1, 0.15) is 21.5 Å². The number of benzene rings is 2. The number of hydrogen-bond acceptors (Lipinski definition) is 4. The first-order valence-corrected chi connectivity index (χ1v) is 11.5. The summed E-state index contributed by atoms with van der Waals surface area (Å²) in [6.07, 6.45) is 1.62. The lowest BCUT2D eigenvalue weighted by atomic mass is 10.1. The van der Waals surface area contributed by atoms with Crippen molar-refractivity contribution in [2.75, 3.05) is 26.3 Å². The summed E-state index contributed by atoms with van der Waals surface area (Å²) in [5.41, 5.74) is 2.71. The fourth-order valence-corrected chi connectivity index (χ4v) is 5.00. The molecule has 0 radical (unpaired) electrons. The third kappa shape index (κ3) is 5.11. The number of fused-ring (bicyclic) bond motifs is 1. The third-order valence-electron chi connectivity index (χ3n) is 5.41. The lowest BCUT2D eigenvalue weighted by Crippen LogP contribution is -2.35. The number of nitrogens with one attached hydrogen (secondary N) is 1. The van der Waals surface area contributed by atoms with Gasteiger partial charge in [-0.25, -0.2) is 0 Å². The van der Waals surface area contributed by atoms with Crippen LogP contribution in [-0.4, -0.2) is 41.7 Å². The van der Waals surface area contributed by atoms with Crippen LogP contribution in [0.2, 0.25) is 5.02 Å². The standard InChI is InChI=1S/C23H23ClIN3O3/c1-27-14-19(23(30)26-12-15-2-4-17(24)5-3-15)22(29)18-10-16(11-20(25)21(18)27)13-28-6-8-31-9-7-28/h2-5,10-11,14H,6-9,12-13H2,1H3,(H,26,30). The van der Waals surface area contributed by atoms with Gasteiger partial charge < -0.3 is 14.6 Å². The zero-order valence-electron chi connectivity index (χ0n) is 17.2. The smallest absolute Gasteiger partial charge is 0.257 e. The van der Waals surface area contributed by atoms with Gasteiger partial charge in [0.1, 0.15) is 5.56 Å². The zero-order valence-corrected chi connectivity index (χ0v) is 20.1. The van der Waals surface area contributed by atoms with Crippen molar-refractivity contribution < 1.29 is 9.53 Å². The first-order chi connectivity index (χ1) is 14.9. The van der Waals surface area contributed by atoms with E-state index in [9.17, 15) is 9.59 Å². The number of halogens is 2. The number of ether oxygens (including phenoxy) is 1. The molecule has 4 rings (SSSR count). The summed E-state index contributed by atoms with van der Waals surface area (Å²) >= 11 is 8.17. The van der Waals surface area contributed by atoms with Crippen LogP contribution in [0.4, 0.5) is 0 Å². The first-order valence-electron chi connectivity index (χ1n) is 10.1. The Morgan fingerprint density at radius 1 is 1.16 bits per heavy atom. The number of aryl methyl sites for hydroxylation is 1. The van der Waals surface area contributed by atoms with E-state index < -0.39 is 0 Å². The highest BCUT2D eigenvalue weighted by atomic mass is 127. The minimum absolute atomic E-state index is 0.142. The summed E-state index contributed by atoms with van der Waals surface area (Å²) in [7, 11) is 1.86. The van der Waals surface area contributed by atoms with E-state index >= 15 is 0 Å². The predicted molar refractivity (Wildman–Crippen MR) is 131 cm³/mol. The molecule has 1 saturated heterocycles. The van der Waals surface area contributed by atoms with Crippen molar-refractivity contribution in [3.63, 3.8) is 0 Å². The van der Waals surface area contributed by atoms with E-state index in [1.165, 1.54) is 0 Å². The molecule has 31 heavy (non-hydrogen) atoms. The average Bonchev–Trinajstić information content (AvgIpc) is 2.76. The Morgan fingerprint density at radius 3 is 2.58 bits per heavy atom. The molecule has 0 saturated carbocycles. The second kappa shape index (κ2) is 9.68. The molecule has 0 bridgehead atoms. The normalized spacial score (nSPS) is 14.7. The number of pyridine rings is 1. The molecule has 162 valence electrons. The summed E-state index contributed by atoms with van der Waals surface area (Å²) in [6, 6.07) is 11.3. The highest BCUT2D eigenvalue weighted by molar-refractivity contribution is 14.1. The highest BCUT2D eigenvalue weighted by Gasteiger charge is 2.18. The van der Waals surface area contributed by atoms with Crippen molar-refractivity contribution >= 4 is 51.0 Å². The largest absolute Gasteiger partial charge is 0.379 e. The van der Waals surface area contributed by atoms with E-state index in [1.54, 1.807) is 18.3 Å². The maximum atomic E-state index is 13.2. The number of aromatic nitrogens is 1. The second-order valence-corrected chi connectivity index (χ2v) is 9.25. The molecule has 1 N–H and O–H groups in total. The van der Waals surface area contributed by atoms with Crippen LogP contribution in [0.3, 0.4) is 0 Å². The molecule has 1 aliphatic rings. The quantitative estimate of drug-likeness (QED) is 0.493. The van der Waals surface area contributed by atoms with Crippen LogP contribution < -0.4 is 10.7 Å². The van der Waals surface area contributed by atoms with E-state index in [0.717, 1.165) is 53.1 Å². The molecule has 1 amide bonds. The molecule has 0 spiro atoms. The van der Waals surface area contributed by atoms with Crippen LogP contribution in [0.15, 0.2) is 47.4 Å². The molecule has 6 nitrogen and oxygen atoms in total. The number of hydrogen-bond donors (Lipinski definition) is 1. The summed E-state index contributed by atoms with van der Waals surface area (Å²) in [4.78, 5) is 28.4. The number of rotatable bonds is 5. The Kier molecular flexibility index (Phi) is 6.95. The van der Waals surface area contributed by atoms with E-state index in [2.05, 4.69) is 38.9 Å². The first kappa shape index (κ1) is 22.3. The Labute approximate surface area is 199 Å². The van der Waals surface area contributed by atoms with Crippen molar-refractivity contribution in [3.8, 4) is 0 Å². The van der Waals surface area contributed by atoms with Gasteiger partial charge in [0, 0.05) is 53.4 Å². The number of morpholine rings is 1. The van der Waals surface area contributed by atoms with E-state index in [-0.39, 0.29) is 16.9 Å².